The van der Waals surface area contributed by atoms with E-state index < -0.39 is 0 Å². The predicted octanol–water partition coefficient (Wildman–Crippen LogP) is 3.70. The Morgan fingerprint density at radius 3 is 2.55 bits per heavy atom. The summed E-state index contributed by atoms with van der Waals surface area (Å²) in [5.41, 5.74) is 3.24. The van der Waals surface area contributed by atoms with E-state index in [0.29, 0.717) is 0 Å². The first-order valence-corrected chi connectivity index (χ1v) is 6.66. The summed E-state index contributed by atoms with van der Waals surface area (Å²) in [4.78, 5) is 12.5. The highest BCUT2D eigenvalue weighted by Gasteiger charge is 2.07. The summed E-state index contributed by atoms with van der Waals surface area (Å²) in [5, 5.41) is 2.26. The lowest BCUT2D eigenvalue weighted by Gasteiger charge is -2.00. The molecular weight excluding hydrogens is 246 g/mol. The second-order valence-corrected chi connectivity index (χ2v) is 4.88. The number of nitrogens with zero attached hydrogens (tertiary/aromatic N) is 2. The van der Waals surface area contributed by atoms with Crippen LogP contribution in [0.3, 0.4) is 0 Å². The number of hydrogen-bond donors (Lipinski definition) is 1. The molecule has 0 fully saturated rings. The number of H-pyrrole nitrogens is 1. The van der Waals surface area contributed by atoms with E-state index in [1.165, 1.54) is 10.9 Å². The number of nitrogens with one attached hydrogen (secondary N) is 1. The van der Waals surface area contributed by atoms with E-state index in [2.05, 4.69) is 39.2 Å². The Hall–Kier alpha value is -2.68. The van der Waals surface area contributed by atoms with Crippen LogP contribution in [-0.2, 0) is 6.42 Å². The van der Waals surface area contributed by atoms with Crippen LogP contribution in [0.25, 0.3) is 21.9 Å². The molecule has 4 aromatic rings. The summed E-state index contributed by atoms with van der Waals surface area (Å²) in [6.45, 7) is 0. The lowest BCUT2D eigenvalue weighted by Crippen LogP contribution is -1.96. The minimum Gasteiger partial charge on any atom is -0.339 e. The van der Waals surface area contributed by atoms with Gasteiger partial charge in [0, 0.05) is 28.9 Å². The van der Waals surface area contributed by atoms with Gasteiger partial charge in [0.2, 0.25) is 0 Å². The standard InChI is InChI=1S/C17H13N3/c1-2-6-12(7-3-1)10-16-18-11-14-13-8-4-5-9-15(13)19-17(14)20-16/h1-9,11H,10H2,(H,18,19,20). The van der Waals surface area contributed by atoms with E-state index in [4.69, 9.17) is 0 Å². The van der Waals surface area contributed by atoms with Gasteiger partial charge in [0.25, 0.3) is 0 Å². The molecule has 2 aromatic heterocycles. The molecular formula is C17H13N3. The molecule has 0 atom stereocenters. The zero-order chi connectivity index (χ0) is 13.4. The third-order valence-electron chi connectivity index (χ3n) is 3.51. The number of hydrogen-bond acceptors (Lipinski definition) is 2. The van der Waals surface area contributed by atoms with Crippen LogP contribution in [0.5, 0.6) is 0 Å². The van der Waals surface area contributed by atoms with Crippen molar-refractivity contribution in [1.29, 1.82) is 0 Å². The highest BCUT2D eigenvalue weighted by atomic mass is 14.9. The maximum atomic E-state index is 4.64. The molecule has 0 aliphatic heterocycles. The predicted molar refractivity (Wildman–Crippen MR) is 80.6 cm³/mol. The fourth-order valence-electron chi connectivity index (χ4n) is 2.53. The van der Waals surface area contributed by atoms with Crippen molar-refractivity contribution in [2.75, 3.05) is 0 Å². The van der Waals surface area contributed by atoms with Gasteiger partial charge in [-0.3, -0.25) is 0 Å². The van der Waals surface area contributed by atoms with Crippen molar-refractivity contribution >= 4 is 21.9 Å². The summed E-state index contributed by atoms with van der Waals surface area (Å²) in [6.07, 6.45) is 2.67. The van der Waals surface area contributed by atoms with Gasteiger partial charge in [-0.1, -0.05) is 48.5 Å². The number of aromatic nitrogens is 3. The Morgan fingerprint density at radius 2 is 1.65 bits per heavy atom. The fourth-order valence-corrected chi connectivity index (χ4v) is 2.53. The largest absolute Gasteiger partial charge is 0.339 e. The smallest absolute Gasteiger partial charge is 0.142 e. The van der Waals surface area contributed by atoms with Crippen molar-refractivity contribution in [1.82, 2.24) is 15.0 Å². The summed E-state index contributed by atoms with van der Waals surface area (Å²) in [6, 6.07) is 18.5. The van der Waals surface area contributed by atoms with Crippen molar-refractivity contribution in [2.45, 2.75) is 6.42 Å². The Kier molecular flexibility index (Phi) is 2.49. The molecule has 96 valence electrons. The maximum Gasteiger partial charge on any atom is 0.142 e. The van der Waals surface area contributed by atoms with Crippen molar-refractivity contribution in [3.05, 3.63) is 72.2 Å². The average Bonchev–Trinajstić information content (AvgIpc) is 2.86. The molecule has 0 aliphatic carbocycles. The van der Waals surface area contributed by atoms with Crippen LogP contribution in [0.15, 0.2) is 60.8 Å². The number of benzene rings is 2. The summed E-state index contributed by atoms with van der Waals surface area (Å²) in [7, 11) is 0. The molecule has 0 radical (unpaired) electrons. The van der Waals surface area contributed by atoms with Gasteiger partial charge in [-0.2, -0.15) is 0 Å². The molecule has 2 aromatic carbocycles. The third-order valence-corrected chi connectivity index (χ3v) is 3.51. The monoisotopic (exact) mass is 259 g/mol. The van der Waals surface area contributed by atoms with Crippen molar-refractivity contribution in [3.8, 4) is 0 Å². The average molecular weight is 259 g/mol. The number of rotatable bonds is 2. The van der Waals surface area contributed by atoms with Crippen LogP contribution >= 0.6 is 0 Å². The fraction of sp³-hybridized carbons (Fsp3) is 0.0588. The Labute approximate surface area is 116 Å². The van der Waals surface area contributed by atoms with E-state index in [1.807, 2.05) is 36.5 Å². The van der Waals surface area contributed by atoms with Crippen LogP contribution in [0.4, 0.5) is 0 Å². The third kappa shape index (κ3) is 1.84. The zero-order valence-electron chi connectivity index (χ0n) is 10.9. The van der Waals surface area contributed by atoms with Crippen LogP contribution in [-0.4, -0.2) is 15.0 Å². The van der Waals surface area contributed by atoms with Gasteiger partial charge in [0.05, 0.1) is 0 Å². The van der Waals surface area contributed by atoms with E-state index in [1.54, 1.807) is 0 Å². The summed E-state index contributed by atoms with van der Waals surface area (Å²) in [5.74, 6) is 0.843. The number of para-hydroxylation sites is 1. The molecule has 0 bridgehead atoms. The first-order valence-electron chi connectivity index (χ1n) is 6.66. The van der Waals surface area contributed by atoms with Gasteiger partial charge >= 0.3 is 0 Å². The molecule has 3 heteroatoms. The molecule has 1 N–H and O–H groups in total. The SMILES string of the molecule is c1ccc(Cc2ncc3c(n2)[nH]c2ccccc23)cc1. The van der Waals surface area contributed by atoms with Gasteiger partial charge in [-0.05, 0) is 11.6 Å². The van der Waals surface area contributed by atoms with Crippen LogP contribution in [0, 0.1) is 0 Å². The quantitative estimate of drug-likeness (QED) is 0.596. The van der Waals surface area contributed by atoms with Gasteiger partial charge in [-0.15, -0.1) is 0 Å². The van der Waals surface area contributed by atoms with Crippen LogP contribution in [0.1, 0.15) is 11.4 Å². The molecule has 2 heterocycles. The van der Waals surface area contributed by atoms with E-state index in [9.17, 15) is 0 Å². The molecule has 3 nitrogen and oxygen atoms in total. The molecule has 4 rings (SSSR count). The first-order chi connectivity index (χ1) is 9.90. The molecule has 0 saturated heterocycles. The zero-order valence-corrected chi connectivity index (χ0v) is 10.9. The van der Waals surface area contributed by atoms with Gasteiger partial charge < -0.3 is 4.98 Å². The van der Waals surface area contributed by atoms with Gasteiger partial charge in [-0.25, -0.2) is 9.97 Å². The van der Waals surface area contributed by atoms with Gasteiger partial charge in [0.1, 0.15) is 11.5 Å². The van der Waals surface area contributed by atoms with Crippen LogP contribution in [0.2, 0.25) is 0 Å². The van der Waals surface area contributed by atoms with Crippen molar-refractivity contribution in [2.24, 2.45) is 0 Å². The van der Waals surface area contributed by atoms with E-state index >= 15 is 0 Å². The Morgan fingerprint density at radius 1 is 0.850 bits per heavy atom. The lowest BCUT2D eigenvalue weighted by molar-refractivity contribution is 0.988. The molecule has 0 amide bonds. The Bertz CT molecular complexity index is 878. The molecule has 0 saturated carbocycles. The molecule has 0 unspecified atom stereocenters. The van der Waals surface area contributed by atoms with Crippen LogP contribution < -0.4 is 0 Å². The highest BCUT2D eigenvalue weighted by molar-refractivity contribution is 6.05. The second kappa shape index (κ2) is 4.46. The number of aromatic amines is 1. The van der Waals surface area contributed by atoms with E-state index in [0.717, 1.165) is 28.8 Å². The summed E-state index contributed by atoms with van der Waals surface area (Å²) >= 11 is 0. The summed E-state index contributed by atoms with van der Waals surface area (Å²) < 4.78 is 0. The minimum absolute atomic E-state index is 0.756. The maximum absolute atomic E-state index is 4.64. The minimum atomic E-state index is 0.756. The Balaban J connectivity index is 1.81. The topological polar surface area (TPSA) is 41.6 Å². The number of fused-ring (bicyclic) bond motifs is 3. The lowest BCUT2D eigenvalue weighted by atomic mass is 10.1. The normalized spacial score (nSPS) is 11.2. The van der Waals surface area contributed by atoms with Crippen molar-refractivity contribution < 1.29 is 0 Å². The molecule has 20 heavy (non-hydrogen) atoms. The van der Waals surface area contributed by atoms with Crippen molar-refractivity contribution in [3.63, 3.8) is 0 Å². The molecule has 0 spiro atoms. The molecule has 0 aliphatic rings. The first kappa shape index (κ1) is 11.2. The van der Waals surface area contributed by atoms with E-state index in [-0.39, 0.29) is 0 Å². The highest BCUT2D eigenvalue weighted by Crippen LogP contribution is 2.23. The van der Waals surface area contributed by atoms with Gasteiger partial charge in [0.15, 0.2) is 0 Å². The second-order valence-electron chi connectivity index (χ2n) is 4.88.